The number of hydrogen-bond acceptors (Lipinski definition) is 3. The van der Waals surface area contributed by atoms with Gasteiger partial charge in [-0.05, 0) is 19.3 Å². The molecule has 1 aromatic rings. The van der Waals surface area contributed by atoms with Gasteiger partial charge in [0.2, 0.25) is 0 Å². The van der Waals surface area contributed by atoms with Crippen molar-refractivity contribution in [2.45, 2.75) is 32.7 Å². The molecule has 0 unspecified atom stereocenters. The van der Waals surface area contributed by atoms with Gasteiger partial charge in [-0.2, -0.15) is 5.10 Å². The Labute approximate surface area is 89.2 Å². The topological polar surface area (TPSA) is 44.1 Å². The SMILES string of the molecule is CCOC(=O)c1cnn(CCC2CC2)c1. The molecule has 0 N–H and O–H groups in total. The lowest BCUT2D eigenvalue weighted by Gasteiger charge is -1.99. The summed E-state index contributed by atoms with van der Waals surface area (Å²) in [7, 11) is 0. The van der Waals surface area contributed by atoms with Crippen LogP contribution in [-0.4, -0.2) is 22.4 Å². The predicted molar refractivity (Wildman–Crippen MR) is 55.5 cm³/mol. The quantitative estimate of drug-likeness (QED) is 0.694. The van der Waals surface area contributed by atoms with Crippen molar-refractivity contribution >= 4 is 5.97 Å². The van der Waals surface area contributed by atoms with Crippen molar-refractivity contribution in [3.8, 4) is 0 Å². The number of hydrogen-bond donors (Lipinski definition) is 0. The second-order valence-electron chi connectivity index (χ2n) is 3.94. The lowest BCUT2D eigenvalue weighted by atomic mass is 10.3. The summed E-state index contributed by atoms with van der Waals surface area (Å²) in [5, 5.41) is 4.14. The summed E-state index contributed by atoms with van der Waals surface area (Å²) in [6, 6.07) is 0. The average molecular weight is 208 g/mol. The third kappa shape index (κ3) is 2.81. The summed E-state index contributed by atoms with van der Waals surface area (Å²) in [4.78, 5) is 11.3. The van der Waals surface area contributed by atoms with E-state index in [2.05, 4.69) is 5.10 Å². The molecule has 0 radical (unpaired) electrons. The molecule has 1 aromatic heterocycles. The second-order valence-corrected chi connectivity index (χ2v) is 3.94. The standard InChI is InChI=1S/C11H16N2O2/c1-2-15-11(14)10-7-12-13(8-10)6-5-9-3-4-9/h7-9H,2-6H2,1H3. The fourth-order valence-electron chi connectivity index (χ4n) is 1.53. The van der Waals surface area contributed by atoms with Gasteiger partial charge in [-0.25, -0.2) is 4.79 Å². The molecule has 0 saturated heterocycles. The number of rotatable bonds is 5. The Bertz CT molecular complexity index is 342. The molecule has 15 heavy (non-hydrogen) atoms. The van der Waals surface area contributed by atoms with Gasteiger partial charge >= 0.3 is 5.97 Å². The van der Waals surface area contributed by atoms with Crippen molar-refractivity contribution in [3.63, 3.8) is 0 Å². The van der Waals surface area contributed by atoms with Crippen LogP contribution in [0.3, 0.4) is 0 Å². The molecule has 1 fully saturated rings. The van der Waals surface area contributed by atoms with E-state index in [9.17, 15) is 4.79 Å². The maximum Gasteiger partial charge on any atom is 0.341 e. The van der Waals surface area contributed by atoms with Crippen LogP contribution in [0.25, 0.3) is 0 Å². The van der Waals surface area contributed by atoms with Crippen molar-refractivity contribution in [3.05, 3.63) is 18.0 Å². The van der Waals surface area contributed by atoms with Crippen LogP contribution < -0.4 is 0 Å². The second kappa shape index (κ2) is 4.47. The van der Waals surface area contributed by atoms with E-state index in [4.69, 9.17) is 4.74 Å². The van der Waals surface area contributed by atoms with Crippen LogP contribution >= 0.6 is 0 Å². The van der Waals surface area contributed by atoms with Gasteiger partial charge < -0.3 is 4.74 Å². The van der Waals surface area contributed by atoms with Gasteiger partial charge in [0.25, 0.3) is 0 Å². The monoisotopic (exact) mass is 208 g/mol. The zero-order valence-corrected chi connectivity index (χ0v) is 8.98. The first-order valence-electron chi connectivity index (χ1n) is 5.49. The minimum absolute atomic E-state index is 0.282. The molecule has 82 valence electrons. The Hall–Kier alpha value is -1.32. The van der Waals surface area contributed by atoms with E-state index < -0.39 is 0 Å². The number of esters is 1. The van der Waals surface area contributed by atoms with Crippen molar-refractivity contribution in [1.82, 2.24) is 9.78 Å². The van der Waals surface area contributed by atoms with Gasteiger partial charge in [0, 0.05) is 12.7 Å². The van der Waals surface area contributed by atoms with Crippen LogP contribution in [0.5, 0.6) is 0 Å². The van der Waals surface area contributed by atoms with Gasteiger partial charge in [0.05, 0.1) is 18.4 Å². The largest absolute Gasteiger partial charge is 0.462 e. The Morgan fingerprint density at radius 2 is 2.47 bits per heavy atom. The molecule has 1 aliphatic rings. The van der Waals surface area contributed by atoms with Gasteiger partial charge in [-0.15, -0.1) is 0 Å². The van der Waals surface area contributed by atoms with Crippen LogP contribution in [0, 0.1) is 5.92 Å². The smallest absolute Gasteiger partial charge is 0.341 e. The lowest BCUT2D eigenvalue weighted by Crippen LogP contribution is -2.03. The van der Waals surface area contributed by atoms with E-state index in [1.54, 1.807) is 19.3 Å². The summed E-state index contributed by atoms with van der Waals surface area (Å²) in [6.45, 7) is 3.12. The predicted octanol–water partition coefficient (Wildman–Crippen LogP) is 1.86. The van der Waals surface area contributed by atoms with Crippen molar-refractivity contribution in [2.24, 2.45) is 5.92 Å². The number of aromatic nitrogens is 2. The maximum absolute atomic E-state index is 11.3. The van der Waals surface area contributed by atoms with Crippen LogP contribution in [0.15, 0.2) is 12.4 Å². The first-order valence-corrected chi connectivity index (χ1v) is 5.49. The molecule has 1 heterocycles. The maximum atomic E-state index is 11.3. The fraction of sp³-hybridized carbons (Fsp3) is 0.636. The Morgan fingerprint density at radius 1 is 1.67 bits per heavy atom. The first-order chi connectivity index (χ1) is 7.29. The zero-order chi connectivity index (χ0) is 10.7. The number of aryl methyl sites for hydroxylation is 1. The van der Waals surface area contributed by atoms with E-state index in [0.717, 1.165) is 12.5 Å². The minimum atomic E-state index is -0.282. The van der Waals surface area contributed by atoms with Crippen LogP contribution in [0.1, 0.15) is 36.5 Å². The minimum Gasteiger partial charge on any atom is -0.462 e. The van der Waals surface area contributed by atoms with E-state index in [1.165, 1.54) is 19.3 Å². The lowest BCUT2D eigenvalue weighted by molar-refractivity contribution is 0.0526. The summed E-state index contributed by atoms with van der Waals surface area (Å²) in [5.41, 5.74) is 0.549. The Kier molecular flexibility index (Phi) is 3.04. The highest BCUT2D eigenvalue weighted by molar-refractivity contribution is 5.88. The summed E-state index contributed by atoms with van der Waals surface area (Å²) in [5.74, 6) is 0.607. The molecule has 1 saturated carbocycles. The molecular formula is C11H16N2O2. The van der Waals surface area contributed by atoms with Gasteiger partial charge in [0.15, 0.2) is 0 Å². The molecule has 4 nitrogen and oxygen atoms in total. The highest BCUT2D eigenvalue weighted by Crippen LogP contribution is 2.32. The number of carbonyl (C=O) groups excluding carboxylic acids is 1. The van der Waals surface area contributed by atoms with Crippen LogP contribution in [0.2, 0.25) is 0 Å². The van der Waals surface area contributed by atoms with Crippen molar-refractivity contribution in [2.75, 3.05) is 6.61 Å². The Balaban J connectivity index is 1.87. The van der Waals surface area contributed by atoms with Crippen LogP contribution in [0.4, 0.5) is 0 Å². The molecule has 0 bridgehead atoms. The van der Waals surface area contributed by atoms with E-state index >= 15 is 0 Å². The molecular weight excluding hydrogens is 192 g/mol. The summed E-state index contributed by atoms with van der Waals surface area (Å²) < 4.78 is 6.71. The molecule has 1 aliphatic carbocycles. The molecule has 0 aliphatic heterocycles. The van der Waals surface area contributed by atoms with Crippen molar-refractivity contribution in [1.29, 1.82) is 0 Å². The molecule has 2 rings (SSSR count). The van der Waals surface area contributed by atoms with E-state index in [1.807, 2.05) is 4.68 Å². The Morgan fingerprint density at radius 3 is 3.13 bits per heavy atom. The van der Waals surface area contributed by atoms with E-state index in [0.29, 0.717) is 12.2 Å². The number of ether oxygens (including phenoxy) is 1. The van der Waals surface area contributed by atoms with Gasteiger partial charge in [-0.3, -0.25) is 4.68 Å². The summed E-state index contributed by atoms with van der Waals surface area (Å²) >= 11 is 0. The van der Waals surface area contributed by atoms with Gasteiger partial charge in [-0.1, -0.05) is 12.8 Å². The fourth-order valence-corrected chi connectivity index (χ4v) is 1.53. The first kappa shape index (κ1) is 10.2. The third-order valence-corrected chi connectivity index (χ3v) is 2.61. The molecule has 0 amide bonds. The molecule has 0 spiro atoms. The van der Waals surface area contributed by atoms with Crippen LogP contribution in [-0.2, 0) is 11.3 Å². The van der Waals surface area contributed by atoms with E-state index in [-0.39, 0.29) is 5.97 Å². The zero-order valence-electron chi connectivity index (χ0n) is 8.98. The third-order valence-electron chi connectivity index (χ3n) is 2.61. The molecule has 4 heteroatoms. The van der Waals surface area contributed by atoms with Crippen molar-refractivity contribution < 1.29 is 9.53 Å². The number of nitrogens with zero attached hydrogens (tertiary/aromatic N) is 2. The molecule has 0 atom stereocenters. The van der Waals surface area contributed by atoms with Gasteiger partial charge in [0.1, 0.15) is 0 Å². The number of carbonyl (C=O) groups is 1. The average Bonchev–Trinajstić information content (AvgIpc) is 2.93. The summed E-state index contributed by atoms with van der Waals surface area (Å²) in [6.07, 6.45) is 7.22. The highest BCUT2D eigenvalue weighted by atomic mass is 16.5. The highest BCUT2D eigenvalue weighted by Gasteiger charge is 2.20. The normalized spacial score (nSPS) is 15.3. The molecule has 0 aromatic carbocycles.